The van der Waals surface area contributed by atoms with Gasteiger partial charge in [0.05, 0.1) is 22.1 Å². The number of benzene rings is 8. The van der Waals surface area contributed by atoms with E-state index in [-0.39, 0.29) is 0 Å². The average Bonchev–Trinajstić information content (AvgIpc) is 3.62. The van der Waals surface area contributed by atoms with Crippen LogP contribution >= 0.6 is 7.14 Å². The van der Waals surface area contributed by atoms with E-state index < -0.39 is 7.14 Å². The lowest BCUT2D eigenvalue weighted by molar-refractivity contribution is 0.592. The monoisotopic (exact) mass is 695 g/mol. The van der Waals surface area contributed by atoms with Gasteiger partial charge >= 0.3 is 0 Å². The van der Waals surface area contributed by atoms with Gasteiger partial charge in [-0.2, -0.15) is 0 Å². The fourth-order valence-corrected chi connectivity index (χ4v) is 10.8. The molecule has 0 saturated heterocycles. The van der Waals surface area contributed by atoms with Gasteiger partial charge in [-0.15, -0.1) is 0 Å². The molecule has 0 saturated carbocycles. The van der Waals surface area contributed by atoms with Crippen molar-refractivity contribution in [2.75, 3.05) is 0 Å². The molecule has 11 rings (SSSR count). The quantitative estimate of drug-likeness (QED) is 0.105. The highest BCUT2D eigenvalue weighted by atomic mass is 31.2. The van der Waals surface area contributed by atoms with E-state index in [1.807, 2.05) is 66.7 Å². The molecular weight excluding hydrogens is 666 g/mol. The Labute approximate surface area is 305 Å². The minimum Gasteiger partial charge on any atom is -0.309 e. The summed E-state index contributed by atoms with van der Waals surface area (Å²) in [6.45, 7) is 0. The highest BCUT2D eigenvalue weighted by Crippen LogP contribution is 2.43. The van der Waals surface area contributed by atoms with Gasteiger partial charge in [-0.1, -0.05) is 140 Å². The SMILES string of the molecule is O=P(c1ccccc1)(c1ccccc1)c1cnc2cc(-c3ccc4nc5c6c7ccccc7ccc6c6cc7ccccc7cc6n5c4c3)ccc2c1. The summed E-state index contributed by atoms with van der Waals surface area (Å²) in [6, 6.07) is 60.8. The molecule has 0 N–H and O–H groups in total. The first-order valence-electron chi connectivity index (χ1n) is 17.8. The van der Waals surface area contributed by atoms with Gasteiger partial charge < -0.3 is 4.57 Å². The van der Waals surface area contributed by atoms with Crippen LogP contribution in [0.5, 0.6) is 0 Å². The Morgan fingerprint density at radius 3 is 1.85 bits per heavy atom. The van der Waals surface area contributed by atoms with Crippen molar-refractivity contribution in [3.63, 3.8) is 0 Å². The molecule has 0 fully saturated rings. The van der Waals surface area contributed by atoms with E-state index in [0.29, 0.717) is 0 Å². The Bertz CT molecular complexity index is 3270. The summed E-state index contributed by atoms with van der Waals surface area (Å²) in [5.74, 6) is 0. The van der Waals surface area contributed by atoms with Crippen molar-refractivity contribution in [3.05, 3.63) is 182 Å². The van der Waals surface area contributed by atoms with Crippen LogP contribution in [0.2, 0.25) is 0 Å². The molecule has 4 nitrogen and oxygen atoms in total. The Morgan fingerprint density at radius 1 is 0.434 bits per heavy atom. The molecule has 0 unspecified atom stereocenters. The average molecular weight is 696 g/mol. The highest BCUT2D eigenvalue weighted by molar-refractivity contribution is 7.85. The van der Waals surface area contributed by atoms with Crippen LogP contribution in [0.15, 0.2) is 182 Å². The van der Waals surface area contributed by atoms with Crippen LogP contribution < -0.4 is 15.9 Å². The standard InChI is InChI=1S/C48H30N3OP/c52-53(37-14-3-1-4-15-37,38-16-5-2-6-17-38)39-25-36-20-19-34(27-44(36)49-30-39)35-22-24-43-46(29-35)51-45-28-33-13-8-7-12-32(33)26-42(45)41-23-21-31-11-9-10-18-40(31)47(41)48(51)50-43/h1-30H. The van der Waals surface area contributed by atoms with Crippen molar-refractivity contribution in [1.29, 1.82) is 0 Å². The third kappa shape index (κ3) is 4.53. The van der Waals surface area contributed by atoms with Gasteiger partial charge in [0.15, 0.2) is 7.14 Å². The molecule has 53 heavy (non-hydrogen) atoms. The van der Waals surface area contributed by atoms with Gasteiger partial charge in [0, 0.05) is 38.3 Å². The molecule has 3 aromatic heterocycles. The fraction of sp³-hybridized carbons (Fsp3) is 0. The van der Waals surface area contributed by atoms with E-state index in [1.54, 1.807) is 6.20 Å². The Balaban J connectivity index is 1.11. The third-order valence-electron chi connectivity index (χ3n) is 10.8. The molecular formula is C48H30N3OP. The number of rotatable bonds is 4. The molecule has 0 radical (unpaired) electrons. The maximum absolute atomic E-state index is 15.0. The summed E-state index contributed by atoms with van der Waals surface area (Å²) in [5.41, 5.74) is 7.10. The van der Waals surface area contributed by atoms with E-state index in [9.17, 15) is 0 Å². The summed E-state index contributed by atoms with van der Waals surface area (Å²) < 4.78 is 17.4. The predicted molar refractivity (Wildman–Crippen MR) is 223 cm³/mol. The first kappa shape index (κ1) is 30.1. The maximum atomic E-state index is 15.0. The molecule has 0 aliphatic carbocycles. The van der Waals surface area contributed by atoms with Crippen LogP contribution in [-0.2, 0) is 4.57 Å². The molecule has 0 aliphatic heterocycles. The van der Waals surface area contributed by atoms with Crippen LogP contribution in [0.4, 0.5) is 0 Å². The summed E-state index contributed by atoms with van der Waals surface area (Å²) in [7, 11) is -3.14. The van der Waals surface area contributed by atoms with E-state index in [2.05, 4.69) is 114 Å². The zero-order chi connectivity index (χ0) is 35.1. The lowest BCUT2D eigenvalue weighted by atomic mass is 9.97. The minimum atomic E-state index is -3.14. The first-order chi connectivity index (χ1) is 26.1. The largest absolute Gasteiger partial charge is 0.309 e. The lowest BCUT2D eigenvalue weighted by Crippen LogP contribution is -2.25. The maximum Gasteiger partial charge on any atom is 0.172 e. The zero-order valence-electron chi connectivity index (χ0n) is 28.5. The van der Waals surface area contributed by atoms with Gasteiger partial charge in [-0.05, 0) is 74.5 Å². The smallest absolute Gasteiger partial charge is 0.172 e. The molecule has 5 heteroatoms. The Hall–Kier alpha value is -6.61. The van der Waals surface area contributed by atoms with Crippen LogP contribution in [0.1, 0.15) is 0 Å². The number of aromatic nitrogens is 3. The van der Waals surface area contributed by atoms with Crippen molar-refractivity contribution < 1.29 is 4.57 Å². The van der Waals surface area contributed by atoms with E-state index in [1.165, 1.54) is 32.3 Å². The molecule has 11 aromatic rings. The van der Waals surface area contributed by atoms with Crippen LogP contribution in [0.25, 0.3) is 81.9 Å². The van der Waals surface area contributed by atoms with Crippen molar-refractivity contribution in [2.24, 2.45) is 0 Å². The Kier molecular flexibility index (Phi) is 6.49. The van der Waals surface area contributed by atoms with E-state index in [4.69, 9.17) is 9.97 Å². The number of hydrogen-bond acceptors (Lipinski definition) is 3. The summed E-state index contributed by atoms with van der Waals surface area (Å²) in [6.07, 6.45) is 1.80. The third-order valence-corrected chi connectivity index (χ3v) is 13.8. The predicted octanol–water partition coefficient (Wildman–Crippen LogP) is 11.0. The van der Waals surface area contributed by atoms with Crippen molar-refractivity contribution in [2.45, 2.75) is 0 Å². The van der Waals surface area contributed by atoms with Crippen LogP contribution in [0, 0.1) is 0 Å². The number of pyridine rings is 2. The fourth-order valence-electron chi connectivity index (χ4n) is 8.22. The van der Waals surface area contributed by atoms with Gasteiger partial charge in [0.1, 0.15) is 5.65 Å². The van der Waals surface area contributed by atoms with Gasteiger partial charge in [0.25, 0.3) is 0 Å². The van der Waals surface area contributed by atoms with Gasteiger partial charge in [-0.25, -0.2) is 4.98 Å². The van der Waals surface area contributed by atoms with E-state index >= 15 is 4.57 Å². The zero-order valence-corrected chi connectivity index (χ0v) is 29.4. The van der Waals surface area contributed by atoms with Crippen LogP contribution in [0.3, 0.4) is 0 Å². The molecule has 0 atom stereocenters. The van der Waals surface area contributed by atoms with Crippen molar-refractivity contribution in [1.82, 2.24) is 14.4 Å². The Morgan fingerprint density at radius 2 is 1.08 bits per heavy atom. The minimum absolute atomic E-state index is 0.724. The van der Waals surface area contributed by atoms with Gasteiger partial charge in [-0.3, -0.25) is 9.38 Å². The topological polar surface area (TPSA) is 47.3 Å². The molecule has 8 aromatic carbocycles. The molecule has 0 bridgehead atoms. The second-order valence-corrected chi connectivity index (χ2v) is 16.5. The molecule has 3 heterocycles. The van der Waals surface area contributed by atoms with Crippen LogP contribution in [-0.4, -0.2) is 14.4 Å². The number of fused-ring (bicyclic) bond motifs is 12. The summed E-state index contributed by atoms with van der Waals surface area (Å²) >= 11 is 0. The second-order valence-electron chi connectivity index (χ2n) is 13.8. The van der Waals surface area contributed by atoms with Gasteiger partial charge in [0.2, 0.25) is 0 Å². The lowest BCUT2D eigenvalue weighted by Gasteiger charge is -2.20. The highest BCUT2D eigenvalue weighted by Gasteiger charge is 2.30. The summed E-state index contributed by atoms with van der Waals surface area (Å²) in [5, 5.41) is 11.7. The molecule has 0 aliphatic rings. The van der Waals surface area contributed by atoms with E-state index in [0.717, 1.165) is 65.5 Å². The molecule has 0 amide bonds. The van der Waals surface area contributed by atoms with Crippen molar-refractivity contribution >= 4 is 93.9 Å². The number of nitrogens with zero attached hydrogens (tertiary/aromatic N) is 3. The number of hydrogen-bond donors (Lipinski definition) is 0. The molecule has 0 spiro atoms. The normalized spacial score (nSPS) is 12.2. The summed E-state index contributed by atoms with van der Waals surface area (Å²) in [4.78, 5) is 10.2. The van der Waals surface area contributed by atoms with Crippen molar-refractivity contribution in [3.8, 4) is 11.1 Å². The molecule has 248 valence electrons. The number of imidazole rings is 1. The second kappa shape index (κ2) is 11.4. The first-order valence-corrected chi connectivity index (χ1v) is 19.5.